The molecule has 1 N–H and O–H groups in total. The highest BCUT2D eigenvalue weighted by atomic mass is 32.2. The fourth-order valence-electron chi connectivity index (χ4n) is 3.07. The van der Waals surface area contributed by atoms with E-state index in [0.29, 0.717) is 44.2 Å². The molecule has 0 atom stereocenters. The van der Waals surface area contributed by atoms with Crippen molar-refractivity contribution in [2.75, 3.05) is 37.6 Å². The minimum Gasteiger partial charge on any atom is -0.484 e. The number of ether oxygens (including phenoxy) is 1. The maximum atomic E-state index is 12.8. The van der Waals surface area contributed by atoms with Gasteiger partial charge in [0.25, 0.3) is 0 Å². The molecule has 0 saturated carbocycles. The largest absolute Gasteiger partial charge is 0.484 e. The molecular weight excluding hydrogens is 330 g/mol. The van der Waals surface area contributed by atoms with Gasteiger partial charge in [0.2, 0.25) is 15.9 Å². The van der Waals surface area contributed by atoms with Gasteiger partial charge in [-0.05, 0) is 32.0 Å². The summed E-state index contributed by atoms with van der Waals surface area (Å²) in [6.45, 7) is 7.82. The molecule has 1 aromatic rings. The molecular formula is C16H23N3O4S. The maximum absolute atomic E-state index is 12.8. The lowest BCUT2D eigenvalue weighted by atomic mass is 10.1. The summed E-state index contributed by atoms with van der Waals surface area (Å²) in [5.41, 5.74) is -0.00420. The van der Waals surface area contributed by atoms with Crippen molar-refractivity contribution in [1.29, 1.82) is 0 Å². The molecule has 132 valence electrons. The summed E-state index contributed by atoms with van der Waals surface area (Å²) in [7, 11) is -3.57. The van der Waals surface area contributed by atoms with Crippen molar-refractivity contribution in [2.45, 2.75) is 31.3 Å². The van der Waals surface area contributed by atoms with E-state index in [4.69, 9.17) is 4.74 Å². The molecule has 2 heterocycles. The number of nitrogens with zero attached hydrogens (tertiary/aromatic N) is 2. The van der Waals surface area contributed by atoms with Crippen LogP contribution in [0.5, 0.6) is 5.75 Å². The minimum absolute atomic E-state index is 0.135. The lowest BCUT2D eigenvalue weighted by Crippen LogP contribution is -2.49. The van der Waals surface area contributed by atoms with E-state index in [-0.39, 0.29) is 10.8 Å². The number of hydrogen-bond donors (Lipinski definition) is 1. The minimum atomic E-state index is -3.57. The second kappa shape index (κ2) is 6.02. The smallest absolute Gasteiger partial charge is 0.243 e. The first-order valence-electron chi connectivity index (χ1n) is 8.03. The topological polar surface area (TPSA) is 79.0 Å². The van der Waals surface area contributed by atoms with Gasteiger partial charge in [0, 0.05) is 33.1 Å². The summed E-state index contributed by atoms with van der Waals surface area (Å²) >= 11 is 0. The Morgan fingerprint density at radius 1 is 1.25 bits per heavy atom. The number of fused-ring (bicyclic) bond motifs is 1. The van der Waals surface area contributed by atoms with Gasteiger partial charge in [-0.15, -0.1) is 0 Å². The lowest BCUT2D eigenvalue weighted by Gasteiger charge is -2.39. The van der Waals surface area contributed by atoms with E-state index in [1.54, 1.807) is 23.1 Å². The second-order valence-electron chi connectivity index (χ2n) is 6.75. The van der Waals surface area contributed by atoms with Crippen LogP contribution in [0.2, 0.25) is 0 Å². The van der Waals surface area contributed by atoms with Crippen LogP contribution >= 0.6 is 0 Å². The van der Waals surface area contributed by atoms with Crippen LogP contribution in [0.3, 0.4) is 0 Å². The predicted octanol–water partition coefficient (Wildman–Crippen LogP) is 0.804. The number of hydrogen-bond acceptors (Lipinski definition) is 5. The summed E-state index contributed by atoms with van der Waals surface area (Å²) in [5.74, 6) is 0.394. The summed E-state index contributed by atoms with van der Waals surface area (Å²) in [4.78, 5) is 13.8. The molecule has 7 nitrogen and oxygen atoms in total. The number of carbonyl (C=O) groups is 1. The summed E-state index contributed by atoms with van der Waals surface area (Å²) in [5, 5.41) is 3.14. The van der Waals surface area contributed by atoms with E-state index in [1.165, 1.54) is 11.2 Å². The number of nitrogens with one attached hydrogen (secondary N) is 1. The zero-order valence-corrected chi connectivity index (χ0v) is 15.0. The number of rotatable bonds is 2. The van der Waals surface area contributed by atoms with Crippen molar-refractivity contribution in [3.05, 3.63) is 18.2 Å². The monoisotopic (exact) mass is 353 g/mol. The van der Waals surface area contributed by atoms with Crippen LogP contribution in [0.1, 0.15) is 20.8 Å². The predicted molar refractivity (Wildman–Crippen MR) is 90.8 cm³/mol. The van der Waals surface area contributed by atoms with Crippen LogP contribution in [0.4, 0.5) is 5.69 Å². The number of amides is 1. The lowest BCUT2D eigenvalue weighted by molar-refractivity contribution is -0.117. The number of anilines is 1. The number of benzene rings is 1. The average Bonchev–Trinajstić information content (AvgIpc) is 2.53. The summed E-state index contributed by atoms with van der Waals surface area (Å²) in [6, 6.07) is 4.74. The van der Waals surface area contributed by atoms with Crippen molar-refractivity contribution in [3.63, 3.8) is 0 Å². The Balaban J connectivity index is 2.01. The molecule has 1 amide bonds. The van der Waals surface area contributed by atoms with Gasteiger partial charge in [-0.25, -0.2) is 8.42 Å². The molecule has 0 unspecified atom stereocenters. The molecule has 2 aliphatic heterocycles. The molecule has 2 aliphatic rings. The Labute approximate surface area is 142 Å². The molecule has 1 saturated heterocycles. The first-order valence-corrected chi connectivity index (χ1v) is 9.47. The highest BCUT2D eigenvalue weighted by molar-refractivity contribution is 7.89. The average molecular weight is 353 g/mol. The van der Waals surface area contributed by atoms with Gasteiger partial charge in [0.15, 0.2) is 0 Å². The fraction of sp³-hybridized carbons (Fsp3) is 0.562. The van der Waals surface area contributed by atoms with E-state index < -0.39 is 15.6 Å². The molecule has 0 aliphatic carbocycles. The highest BCUT2D eigenvalue weighted by Gasteiger charge is 2.35. The van der Waals surface area contributed by atoms with Crippen molar-refractivity contribution >= 4 is 21.6 Å². The normalized spacial score (nSPS) is 21.0. The molecule has 0 spiro atoms. The first kappa shape index (κ1) is 17.2. The van der Waals surface area contributed by atoms with Gasteiger partial charge in [0.1, 0.15) is 11.4 Å². The first-order chi connectivity index (χ1) is 11.2. The van der Waals surface area contributed by atoms with Gasteiger partial charge in [-0.1, -0.05) is 0 Å². The van der Waals surface area contributed by atoms with Crippen molar-refractivity contribution in [2.24, 2.45) is 0 Å². The number of sulfonamides is 1. The molecule has 0 radical (unpaired) electrons. The molecule has 0 bridgehead atoms. The Kier molecular flexibility index (Phi) is 4.31. The van der Waals surface area contributed by atoms with Crippen LogP contribution in [0.15, 0.2) is 23.1 Å². The third-order valence-electron chi connectivity index (χ3n) is 4.24. The Bertz CT molecular complexity index is 755. The maximum Gasteiger partial charge on any atom is 0.243 e. The van der Waals surface area contributed by atoms with E-state index in [1.807, 2.05) is 13.8 Å². The molecule has 1 aromatic carbocycles. The van der Waals surface area contributed by atoms with Gasteiger partial charge < -0.3 is 15.0 Å². The van der Waals surface area contributed by atoms with E-state index in [0.717, 1.165) is 0 Å². The zero-order valence-electron chi connectivity index (χ0n) is 14.2. The fourth-order valence-corrected chi connectivity index (χ4v) is 4.53. The van der Waals surface area contributed by atoms with Crippen molar-refractivity contribution < 1.29 is 17.9 Å². The van der Waals surface area contributed by atoms with E-state index >= 15 is 0 Å². The number of piperazine rings is 1. The van der Waals surface area contributed by atoms with Crippen LogP contribution in [0.25, 0.3) is 0 Å². The van der Waals surface area contributed by atoms with Gasteiger partial charge >= 0.3 is 0 Å². The molecule has 1 fully saturated rings. The van der Waals surface area contributed by atoms with Crippen LogP contribution in [-0.2, 0) is 14.8 Å². The van der Waals surface area contributed by atoms with Crippen LogP contribution in [0, 0.1) is 0 Å². The van der Waals surface area contributed by atoms with Gasteiger partial charge in [0.05, 0.1) is 17.1 Å². The van der Waals surface area contributed by atoms with Crippen LogP contribution < -0.4 is 15.0 Å². The quantitative estimate of drug-likeness (QED) is 0.851. The molecule has 24 heavy (non-hydrogen) atoms. The SMILES string of the molecule is CC(=O)N1CC(C)(C)Oc2ccc(S(=O)(=O)N3CCNCC3)cc21. The summed E-state index contributed by atoms with van der Waals surface area (Å²) < 4.78 is 33.0. The van der Waals surface area contributed by atoms with E-state index in [2.05, 4.69) is 5.32 Å². The number of carbonyl (C=O) groups excluding carboxylic acids is 1. The molecule has 3 rings (SSSR count). The van der Waals surface area contributed by atoms with Crippen LogP contribution in [-0.4, -0.2) is 57.0 Å². The third kappa shape index (κ3) is 3.13. The highest BCUT2D eigenvalue weighted by Crippen LogP contribution is 2.39. The molecule has 0 aromatic heterocycles. The van der Waals surface area contributed by atoms with Gasteiger partial charge in [-0.2, -0.15) is 4.31 Å². The second-order valence-corrected chi connectivity index (χ2v) is 8.69. The Morgan fingerprint density at radius 3 is 2.54 bits per heavy atom. The van der Waals surface area contributed by atoms with E-state index in [9.17, 15) is 13.2 Å². The zero-order chi connectivity index (χ0) is 17.5. The Hall–Kier alpha value is -1.64. The Morgan fingerprint density at radius 2 is 1.92 bits per heavy atom. The van der Waals surface area contributed by atoms with Crippen molar-refractivity contribution in [3.8, 4) is 5.75 Å². The van der Waals surface area contributed by atoms with Crippen molar-refractivity contribution in [1.82, 2.24) is 9.62 Å². The summed E-state index contributed by atoms with van der Waals surface area (Å²) in [6.07, 6.45) is 0. The molecule has 8 heteroatoms. The van der Waals surface area contributed by atoms with Gasteiger partial charge in [-0.3, -0.25) is 4.79 Å². The third-order valence-corrected chi connectivity index (χ3v) is 6.13. The standard InChI is InChI=1S/C16H23N3O4S/c1-12(20)19-11-16(2,3)23-15-5-4-13(10-14(15)19)24(21,22)18-8-6-17-7-9-18/h4-5,10,17H,6-9,11H2,1-3H3.